The van der Waals surface area contributed by atoms with Gasteiger partial charge in [0.05, 0.1) is 29.2 Å². The maximum atomic E-state index is 13.3. The van der Waals surface area contributed by atoms with Gasteiger partial charge in [-0.25, -0.2) is 0 Å². The SMILES string of the molecule is COc1ccccc1C(=O)n1nc(C2CCOCC2)cc1NCc1ccc(Cl)s1. The molecule has 0 unspecified atom stereocenters. The quantitative estimate of drug-likeness (QED) is 0.607. The van der Waals surface area contributed by atoms with Crippen LogP contribution in [0.15, 0.2) is 42.5 Å². The molecule has 0 saturated carbocycles. The van der Waals surface area contributed by atoms with Crippen LogP contribution < -0.4 is 10.1 Å². The summed E-state index contributed by atoms with van der Waals surface area (Å²) in [5.74, 6) is 1.24. The van der Waals surface area contributed by atoms with Crippen molar-refractivity contribution in [3.8, 4) is 5.75 Å². The largest absolute Gasteiger partial charge is 0.496 e. The molecule has 1 aliphatic heterocycles. The van der Waals surface area contributed by atoms with Crippen LogP contribution in [0.25, 0.3) is 0 Å². The first-order chi connectivity index (χ1) is 14.2. The number of hydrogen-bond acceptors (Lipinski definition) is 6. The van der Waals surface area contributed by atoms with Crippen LogP contribution in [0.1, 0.15) is 39.7 Å². The molecule has 6 nitrogen and oxygen atoms in total. The monoisotopic (exact) mass is 431 g/mol. The number of aromatic nitrogens is 2. The minimum absolute atomic E-state index is 0.229. The highest BCUT2D eigenvalue weighted by Gasteiger charge is 2.24. The number of benzene rings is 1. The minimum atomic E-state index is -0.229. The van der Waals surface area contributed by atoms with Gasteiger partial charge in [-0.1, -0.05) is 23.7 Å². The molecule has 8 heteroatoms. The Balaban J connectivity index is 1.65. The summed E-state index contributed by atoms with van der Waals surface area (Å²) >= 11 is 7.55. The van der Waals surface area contributed by atoms with Crippen molar-refractivity contribution in [1.29, 1.82) is 0 Å². The van der Waals surface area contributed by atoms with E-state index in [0.717, 1.165) is 27.7 Å². The zero-order chi connectivity index (χ0) is 20.2. The Morgan fingerprint density at radius 1 is 1.31 bits per heavy atom. The number of ether oxygens (including phenoxy) is 2. The van der Waals surface area contributed by atoms with Gasteiger partial charge in [-0.2, -0.15) is 9.78 Å². The van der Waals surface area contributed by atoms with E-state index in [1.54, 1.807) is 19.2 Å². The number of nitrogens with one attached hydrogen (secondary N) is 1. The molecule has 4 rings (SSSR count). The molecule has 1 saturated heterocycles. The number of para-hydroxylation sites is 1. The second kappa shape index (κ2) is 8.98. The van der Waals surface area contributed by atoms with Gasteiger partial charge >= 0.3 is 0 Å². The molecule has 0 aliphatic carbocycles. The third-order valence-corrected chi connectivity index (χ3v) is 6.20. The van der Waals surface area contributed by atoms with Crippen molar-refractivity contribution in [2.45, 2.75) is 25.3 Å². The van der Waals surface area contributed by atoms with Crippen LogP contribution in [0, 0.1) is 0 Å². The lowest BCUT2D eigenvalue weighted by Gasteiger charge is -2.19. The van der Waals surface area contributed by atoms with Crippen LogP contribution in [0.5, 0.6) is 5.75 Å². The molecular formula is C21H22ClN3O3S. The maximum Gasteiger partial charge on any atom is 0.283 e. The van der Waals surface area contributed by atoms with Crippen LogP contribution in [0.4, 0.5) is 5.82 Å². The molecule has 3 aromatic rings. The molecule has 0 amide bonds. The van der Waals surface area contributed by atoms with Crippen molar-refractivity contribution in [1.82, 2.24) is 9.78 Å². The molecule has 3 heterocycles. The van der Waals surface area contributed by atoms with Gasteiger partial charge in [-0.05, 0) is 37.1 Å². The smallest absolute Gasteiger partial charge is 0.283 e. The van der Waals surface area contributed by atoms with E-state index in [4.69, 9.17) is 21.1 Å². The number of anilines is 1. The number of halogens is 1. The highest BCUT2D eigenvalue weighted by atomic mass is 35.5. The first-order valence-electron chi connectivity index (χ1n) is 9.49. The van der Waals surface area contributed by atoms with E-state index in [0.29, 0.717) is 36.9 Å². The van der Waals surface area contributed by atoms with E-state index in [2.05, 4.69) is 10.4 Å². The average molecular weight is 432 g/mol. The zero-order valence-corrected chi connectivity index (χ0v) is 17.6. The van der Waals surface area contributed by atoms with Gasteiger partial charge in [0.15, 0.2) is 0 Å². The van der Waals surface area contributed by atoms with Gasteiger partial charge in [0, 0.05) is 30.1 Å². The molecule has 29 heavy (non-hydrogen) atoms. The summed E-state index contributed by atoms with van der Waals surface area (Å²) in [5, 5.41) is 8.02. The van der Waals surface area contributed by atoms with Crippen molar-refractivity contribution >= 4 is 34.7 Å². The number of hydrogen-bond donors (Lipinski definition) is 1. The number of carbonyl (C=O) groups excluding carboxylic acids is 1. The molecule has 0 bridgehead atoms. The van der Waals surface area contributed by atoms with Gasteiger partial charge in [0.1, 0.15) is 11.6 Å². The fourth-order valence-electron chi connectivity index (χ4n) is 3.43. The predicted octanol–water partition coefficient (Wildman–Crippen LogP) is 4.80. The summed E-state index contributed by atoms with van der Waals surface area (Å²) in [7, 11) is 1.56. The molecule has 1 fully saturated rings. The van der Waals surface area contributed by atoms with E-state index in [1.807, 2.05) is 30.3 Å². The molecule has 0 spiro atoms. The lowest BCUT2D eigenvalue weighted by molar-refractivity contribution is 0.0840. The molecule has 1 aliphatic rings. The van der Waals surface area contributed by atoms with Crippen LogP contribution in [-0.2, 0) is 11.3 Å². The molecule has 152 valence electrons. The summed E-state index contributed by atoms with van der Waals surface area (Å²) in [6.07, 6.45) is 1.81. The van der Waals surface area contributed by atoms with E-state index in [9.17, 15) is 4.79 Å². The van der Waals surface area contributed by atoms with Gasteiger partial charge in [-0.15, -0.1) is 11.3 Å². The fraction of sp³-hybridized carbons (Fsp3) is 0.333. The van der Waals surface area contributed by atoms with E-state index >= 15 is 0 Å². The Bertz CT molecular complexity index is 995. The topological polar surface area (TPSA) is 65.4 Å². The Morgan fingerprint density at radius 3 is 2.83 bits per heavy atom. The van der Waals surface area contributed by atoms with Crippen molar-refractivity contribution in [2.24, 2.45) is 0 Å². The molecule has 1 N–H and O–H groups in total. The molecule has 0 atom stereocenters. The molecule has 1 aromatic carbocycles. The standard InChI is InChI=1S/C21H22ClN3O3S/c1-27-18-5-3-2-4-16(18)21(26)25-20(23-13-15-6-7-19(22)29-15)12-17(24-25)14-8-10-28-11-9-14/h2-7,12,14,23H,8-11,13H2,1H3. The first kappa shape index (κ1) is 19.9. The second-order valence-electron chi connectivity index (χ2n) is 6.82. The van der Waals surface area contributed by atoms with Gasteiger partial charge < -0.3 is 14.8 Å². The number of thiophene rings is 1. The fourth-order valence-corrected chi connectivity index (χ4v) is 4.46. The molecular weight excluding hydrogens is 410 g/mol. The predicted molar refractivity (Wildman–Crippen MR) is 114 cm³/mol. The summed E-state index contributed by atoms with van der Waals surface area (Å²) < 4.78 is 13.0. The van der Waals surface area contributed by atoms with E-state index in [1.165, 1.54) is 16.0 Å². The van der Waals surface area contributed by atoms with Gasteiger partial charge in [0.2, 0.25) is 0 Å². The maximum absolute atomic E-state index is 13.3. The van der Waals surface area contributed by atoms with Crippen molar-refractivity contribution in [3.63, 3.8) is 0 Å². The van der Waals surface area contributed by atoms with Gasteiger partial charge in [-0.3, -0.25) is 4.79 Å². The van der Waals surface area contributed by atoms with E-state index < -0.39 is 0 Å². The number of carbonyl (C=O) groups is 1. The highest BCUT2D eigenvalue weighted by Crippen LogP contribution is 2.30. The van der Waals surface area contributed by atoms with Crippen LogP contribution >= 0.6 is 22.9 Å². The third-order valence-electron chi connectivity index (χ3n) is 4.97. The van der Waals surface area contributed by atoms with Crippen LogP contribution in [0.3, 0.4) is 0 Å². The van der Waals surface area contributed by atoms with Crippen molar-refractivity contribution in [3.05, 3.63) is 62.9 Å². The zero-order valence-electron chi connectivity index (χ0n) is 16.1. The van der Waals surface area contributed by atoms with Crippen molar-refractivity contribution < 1.29 is 14.3 Å². The highest BCUT2D eigenvalue weighted by molar-refractivity contribution is 7.16. The third kappa shape index (κ3) is 4.47. The van der Waals surface area contributed by atoms with E-state index in [-0.39, 0.29) is 11.8 Å². The number of nitrogens with zero attached hydrogens (tertiary/aromatic N) is 2. The average Bonchev–Trinajstić information content (AvgIpc) is 3.38. The second-order valence-corrected chi connectivity index (χ2v) is 8.62. The normalized spacial score (nSPS) is 14.7. The summed E-state index contributed by atoms with van der Waals surface area (Å²) in [6, 6.07) is 13.0. The lowest BCUT2D eigenvalue weighted by atomic mass is 9.97. The first-order valence-corrected chi connectivity index (χ1v) is 10.7. The van der Waals surface area contributed by atoms with Crippen molar-refractivity contribution in [2.75, 3.05) is 25.6 Å². The summed E-state index contributed by atoms with van der Waals surface area (Å²) in [6.45, 7) is 2.00. The molecule has 2 aromatic heterocycles. The van der Waals surface area contributed by atoms with Gasteiger partial charge in [0.25, 0.3) is 5.91 Å². The minimum Gasteiger partial charge on any atom is -0.496 e. The van der Waals surface area contributed by atoms with Crippen LogP contribution in [-0.4, -0.2) is 36.0 Å². The Labute approximate surface area is 178 Å². The Kier molecular flexibility index (Phi) is 6.18. The Morgan fingerprint density at radius 2 is 2.10 bits per heavy atom. The summed E-state index contributed by atoms with van der Waals surface area (Å²) in [4.78, 5) is 14.4. The number of rotatable bonds is 6. The lowest BCUT2D eigenvalue weighted by Crippen LogP contribution is -2.19. The molecule has 0 radical (unpaired) electrons. The van der Waals surface area contributed by atoms with Crippen LogP contribution in [0.2, 0.25) is 4.34 Å². The number of methoxy groups -OCH3 is 1. The Hall–Kier alpha value is -2.35. The summed E-state index contributed by atoms with van der Waals surface area (Å²) in [5.41, 5.74) is 1.38.